The largest absolute Gasteiger partial charge is 0.373 e. The second-order valence-corrected chi connectivity index (χ2v) is 4.86. The number of halogens is 1. The van der Waals surface area contributed by atoms with Crippen molar-refractivity contribution in [2.24, 2.45) is 0 Å². The maximum atomic E-state index is 13.5. The molecule has 0 fully saturated rings. The van der Waals surface area contributed by atoms with Gasteiger partial charge in [-0.25, -0.2) is 4.79 Å². The van der Waals surface area contributed by atoms with Gasteiger partial charge in [-0.1, -0.05) is 45.4 Å². The van der Waals surface area contributed by atoms with Gasteiger partial charge in [0.1, 0.15) is 0 Å². The standard InChI is InChI=1S/C14H23FN2O3/c1-2-3-4-5-6-7-8-9-12(15)20-17-11-10-13(18)16-14(17)19/h10-12H,2-9H2,1H3,(H,16,18,19). The molecule has 0 aliphatic carbocycles. The molecule has 0 aromatic carbocycles. The predicted molar refractivity (Wildman–Crippen MR) is 75.4 cm³/mol. The number of hydrogen-bond donors (Lipinski definition) is 1. The van der Waals surface area contributed by atoms with Crippen molar-refractivity contribution in [1.82, 2.24) is 9.71 Å². The molecule has 0 bridgehead atoms. The molecule has 1 aromatic heterocycles. The van der Waals surface area contributed by atoms with Crippen molar-refractivity contribution in [3.8, 4) is 0 Å². The van der Waals surface area contributed by atoms with Gasteiger partial charge < -0.3 is 4.84 Å². The van der Waals surface area contributed by atoms with Gasteiger partial charge in [-0.15, -0.1) is 4.73 Å². The number of H-pyrrole nitrogens is 1. The van der Waals surface area contributed by atoms with E-state index in [-0.39, 0.29) is 6.42 Å². The Morgan fingerprint density at radius 2 is 1.85 bits per heavy atom. The van der Waals surface area contributed by atoms with Crippen molar-refractivity contribution in [1.29, 1.82) is 0 Å². The zero-order valence-electron chi connectivity index (χ0n) is 11.9. The van der Waals surface area contributed by atoms with Gasteiger partial charge in [0.2, 0.25) is 0 Å². The van der Waals surface area contributed by atoms with Gasteiger partial charge in [0.15, 0.2) is 0 Å². The average Bonchev–Trinajstić information content (AvgIpc) is 2.41. The summed E-state index contributed by atoms with van der Waals surface area (Å²) in [5, 5.41) is 0. The van der Waals surface area contributed by atoms with E-state index >= 15 is 0 Å². The topological polar surface area (TPSA) is 64.1 Å². The number of rotatable bonds is 10. The third-order valence-electron chi connectivity index (χ3n) is 3.05. The molecule has 0 aliphatic rings. The summed E-state index contributed by atoms with van der Waals surface area (Å²) in [4.78, 5) is 28.9. The molecular formula is C14H23FN2O3. The summed E-state index contributed by atoms with van der Waals surface area (Å²) in [6.45, 7) is 2.17. The van der Waals surface area contributed by atoms with E-state index in [1.807, 2.05) is 4.98 Å². The molecule has 1 aromatic rings. The fraction of sp³-hybridized carbons (Fsp3) is 0.714. The van der Waals surface area contributed by atoms with Crippen LogP contribution in [0.5, 0.6) is 0 Å². The summed E-state index contributed by atoms with van der Waals surface area (Å²) < 4.78 is 14.2. The van der Waals surface area contributed by atoms with Crippen molar-refractivity contribution in [3.63, 3.8) is 0 Å². The Labute approximate surface area is 117 Å². The number of nitrogens with one attached hydrogen (secondary N) is 1. The number of nitrogens with zero attached hydrogens (tertiary/aromatic N) is 1. The minimum Gasteiger partial charge on any atom is -0.373 e. The van der Waals surface area contributed by atoms with Gasteiger partial charge in [-0.3, -0.25) is 9.78 Å². The maximum Gasteiger partial charge on any atom is 0.361 e. The molecule has 0 saturated heterocycles. The first kappa shape index (κ1) is 16.5. The average molecular weight is 286 g/mol. The van der Waals surface area contributed by atoms with Crippen LogP contribution in [0.3, 0.4) is 0 Å². The molecule has 1 N–H and O–H groups in total. The second-order valence-electron chi connectivity index (χ2n) is 4.86. The maximum absolute atomic E-state index is 13.5. The van der Waals surface area contributed by atoms with E-state index in [9.17, 15) is 14.0 Å². The third-order valence-corrected chi connectivity index (χ3v) is 3.05. The lowest BCUT2D eigenvalue weighted by molar-refractivity contribution is -0.0588. The summed E-state index contributed by atoms with van der Waals surface area (Å²) >= 11 is 0. The Morgan fingerprint density at radius 3 is 2.50 bits per heavy atom. The van der Waals surface area contributed by atoms with Crippen molar-refractivity contribution in [2.75, 3.05) is 0 Å². The number of hydrogen-bond acceptors (Lipinski definition) is 3. The van der Waals surface area contributed by atoms with Crippen molar-refractivity contribution in [3.05, 3.63) is 33.1 Å². The van der Waals surface area contributed by atoms with Crippen LogP contribution in [0.15, 0.2) is 21.9 Å². The molecule has 20 heavy (non-hydrogen) atoms. The van der Waals surface area contributed by atoms with Crippen molar-refractivity contribution >= 4 is 0 Å². The molecule has 0 aliphatic heterocycles. The zero-order chi connectivity index (χ0) is 14.8. The summed E-state index contributed by atoms with van der Waals surface area (Å²) in [6.07, 6.45) is 7.53. The molecule has 6 heteroatoms. The minimum absolute atomic E-state index is 0.249. The minimum atomic E-state index is -1.53. The van der Waals surface area contributed by atoms with Gasteiger partial charge in [-0.05, 0) is 6.42 Å². The Kier molecular flexibility index (Phi) is 7.69. The molecule has 0 saturated carbocycles. The quantitative estimate of drug-likeness (QED) is 0.672. The van der Waals surface area contributed by atoms with Gasteiger partial charge >= 0.3 is 5.69 Å². The molecule has 0 radical (unpaired) electrons. The molecule has 1 unspecified atom stereocenters. The van der Waals surface area contributed by atoms with Crippen LogP contribution in [0, 0.1) is 0 Å². The van der Waals surface area contributed by atoms with Gasteiger partial charge in [-0.2, -0.15) is 4.39 Å². The lowest BCUT2D eigenvalue weighted by Gasteiger charge is -2.11. The number of unbranched alkanes of at least 4 members (excludes halogenated alkanes) is 6. The highest BCUT2D eigenvalue weighted by Crippen LogP contribution is 2.10. The summed E-state index contributed by atoms with van der Waals surface area (Å²) in [5.74, 6) is 0. The molecule has 0 spiro atoms. The Balaban J connectivity index is 2.18. The monoisotopic (exact) mass is 286 g/mol. The SMILES string of the molecule is CCCCCCCCCC(F)On1ccc(=O)[nH]c1=O. The normalized spacial score (nSPS) is 12.3. The summed E-state index contributed by atoms with van der Waals surface area (Å²) in [5.41, 5.74) is -1.29. The first-order valence-electron chi connectivity index (χ1n) is 7.26. The van der Waals surface area contributed by atoms with Crippen LogP contribution in [0.4, 0.5) is 4.39 Å². The first-order chi connectivity index (χ1) is 9.63. The zero-order valence-corrected chi connectivity index (χ0v) is 11.9. The van der Waals surface area contributed by atoms with E-state index in [0.717, 1.165) is 31.5 Å². The van der Waals surface area contributed by atoms with Gasteiger partial charge in [0.25, 0.3) is 11.9 Å². The van der Waals surface area contributed by atoms with Crippen LogP contribution < -0.4 is 16.1 Å². The highest BCUT2D eigenvalue weighted by Gasteiger charge is 2.09. The number of aromatic nitrogens is 2. The Morgan fingerprint density at radius 1 is 1.20 bits per heavy atom. The Bertz CT molecular complexity index is 484. The van der Waals surface area contributed by atoms with Gasteiger partial charge in [0.05, 0.1) is 6.20 Å². The fourth-order valence-corrected chi connectivity index (χ4v) is 1.93. The lowest BCUT2D eigenvalue weighted by atomic mass is 10.1. The molecule has 1 atom stereocenters. The number of aromatic amines is 1. The molecule has 5 nitrogen and oxygen atoms in total. The summed E-state index contributed by atoms with van der Waals surface area (Å²) in [7, 11) is 0. The van der Waals surface area contributed by atoms with Gasteiger partial charge in [0, 0.05) is 12.5 Å². The summed E-state index contributed by atoms with van der Waals surface area (Å²) in [6, 6.07) is 1.11. The molecular weight excluding hydrogens is 263 g/mol. The lowest BCUT2D eigenvalue weighted by Crippen LogP contribution is -2.35. The van der Waals surface area contributed by atoms with E-state index in [1.54, 1.807) is 0 Å². The molecule has 1 rings (SSSR count). The van der Waals surface area contributed by atoms with Crippen LogP contribution in [0.25, 0.3) is 0 Å². The first-order valence-corrected chi connectivity index (χ1v) is 7.26. The smallest absolute Gasteiger partial charge is 0.361 e. The van der Waals surface area contributed by atoms with Crippen molar-refractivity contribution in [2.45, 2.75) is 64.6 Å². The molecule has 114 valence electrons. The number of alkyl halides is 1. The van der Waals surface area contributed by atoms with E-state index in [0.29, 0.717) is 4.73 Å². The van der Waals surface area contributed by atoms with E-state index in [4.69, 9.17) is 4.84 Å². The van der Waals surface area contributed by atoms with E-state index < -0.39 is 17.6 Å². The predicted octanol–water partition coefficient (Wildman–Crippen LogP) is 2.40. The van der Waals surface area contributed by atoms with Crippen LogP contribution >= 0.6 is 0 Å². The van der Waals surface area contributed by atoms with Crippen LogP contribution in [0.2, 0.25) is 0 Å². The van der Waals surface area contributed by atoms with Crippen LogP contribution in [-0.4, -0.2) is 16.1 Å². The molecule has 1 heterocycles. The second kappa shape index (κ2) is 9.34. The Hall–Kier alpha value is -1.59. The van der Waals surface area contributed by atoms with Crippen LogP contribution in [0.1, 0.15) is 58.3 Å². The molecule has 0 amide bonds. The van der Waals surface area contributed by atoms with Crippen LogP contribution in [-0.2, 0) is 0 Å². The van der Waals surface area contributed by atoms with Crippen molar-refractivity contribution < 1.29 is 9.23 Å². The highest BCUT2D eigenvalue weighted by atomic mass is 19.1. The van der Waals surface area contributed by atoms with E-state index in [2.05, 4.69) is 6.92 Å². The highest BCUT2D eigenvalue weighted by molar-refractivity contribution is 4.80. The fourth-order valence-electron chi connectivity index (χ4n) is 1.93. The third kappa shape index (κ3) is 6.54. The van der Waals surface area contributed by atoms with E-state index in [1.165, 1.54) is 25.7 Å².